The number of hydrogen-bond donors (Lipinski definition) is 0. The smallest absolute Gasteiger partial charge is 0.152 e. The highest BCUT2D eigenvalue weighted by molar-refractivity contribution is 6.17. The lowest BCUT2D eigenvalue weighted by atomic mass is 10.5. The second-order valence-electron chi connectivity index (χ2n) is 1.66. The molecule has 0 aliphatic carbocycles. The maximum Gasteiger partial charge on any atom is 0.152 e. The van der Waals surface area contributed by atoms with Crippen LogP contribution in [0.3, 0.4) is 0 Å². The second-order valence-corrected chi connectivity index (χ2v) is 2.04. The van der Waals surface area contributed by atoms with E-state index in [0.29, 0.717) is 5.88 Å². The van der Waals surface area contributed by atoms with Crippen LogP contribution in [-0.4, -0.2) is 26.1 Å². The Kier molecular flexibility index (Phi) is 2.00. The Morgan fingerprint density at radius 2 is 2.44 bits per heavy atom. The molecule has 0 radical (unpaired) electrons. The summed E-state index contributed by atoms with van der Waals surface area (Å²) in [5.41, 5.74) is 0. The zero-order chi connectivity index (χ0) is 6.69. The van der Waals surface area contributed by atoms with Gasteiger partial charge in [0.1, 0.15) is 0 Å². The number of hydrogen-bond acceptors (Lipinski definition) is 3. The molecule has 5 heteroatoms. The Hall–Kier alpha value is -0.640. The lowest BCUT2D eigenvalue weighted by Gasteiger charge is -1.90. The van der Waals surface area contributed by atoms with Crippen molar-refractivity contribution in [2.75, 3.05) is 5.88 Å². The molecular formula is C4H7ClN4. The molecule has 0 atom stereocenters. The third kappa shape index (κ3) is 1.38. The van der Waals surface area contributed by atoms with Crippen LogP contribution in [0.5, 0.6) is 0 Å². The Balaban J connectivity index is 2.69. The zero-order valence-electron chi connectivity index (χ0n) is 5.08. The maximum absolute atomic E-state index is 5.46. The first-order valence-corrected chi connectivity index (χ1v) is 3.15. The Bertz CT molecular complexity index is 184. The van der Waals surface area contributed by atoms with E-state index in [2.05, 4.69) is 15.5 Å². The van der Waals surface area contributed by atoms with Crippen LogP contribution in [0.4, 0.5) is 0 Å². The lowest BCUT2D eigenvalue weighted by Crippen LogP contribution is -1.99. The first kappa shape index (κ1) is 6.48. The summed E-state index contributed by atoms with van der Waals surface area (Å²) in [6.45, 7) is 0. The second kappa shape index (κ2) is 2.77. The van der Waals surface area contributed by atoms with Gasteiger partial charge in [-0.15, -0.1) is 16.7 Å². The Morgan fingerprint density at radius 1 is 1.67 bits per heavy atom. The minimum absolute atomic E-state index is 0.564. The molecule has 9 heavy (non-hydrogen) atoms. The van der Waals surface area contributed by atoms with E-state index in [0.717, 1.165) is 12.2 Å². The number of aryl methyl sites for hydroxylation is 2. The number of halogens is 1. The van der Waals surface area contributed by atoms with Crippen molar-refractivity contribution < 1.29 is 0 Å². The highest BCUT2D eigenvalue weighted by Crippen LogP contribution is 1.90. The van der Waals surface area contributed by atoms with E-state index in [1.54, 1.807) is 11.7 Å². The van der Waals surface area contributed by atoms with Crippen molar-refractivity contribution in [2.24, 2.45) is 7.05 Å². The Labute approximate surface area is 57.8 Å². The van der Waals surface area contributed by atoms with Gasteiger partial charge in [-0.05, 0) is 10.4 Å². The standard InChI is InChI=1S/C4H7ClN4/c1-9-4(2-3-5)6-7-8-9/h2-3H2,1H3. The predicted octanol–water partition coefficient (Wildman–Crippen LogP) is -0.00860. The summed E-state index contributed by atoms with van der Waals surface area (Å²) in [7, 11) is 1.79. The molecule has 0 saturated carbocycles. The van der Waals surface area contributed by atoms with Gasteiger partial charge in [-0.1, -0.05) is 0 Å². The summed E-state index contributed by atoms with van der Waals surface area (Å²) in [4.78, 5) is 0. The molecule has 1 aromatic rings. The van der Waals surface area contributed by atoms with Gasteiger partial charge in [-0.2, -0.15) is 0 Å². The first-order chi connectivity index (χ1) is 4.34. The fraction of sp³-hybridized carbons (Fsp3) is 0.750. The van der Waals surface area contributed by atoms with Gasteiger partial charge in [0.05, 0.1) is 0 Å². The molecule has 0 aromatic carbocycles. The van der Waals surface area contributed by atoms with Crippen molar-refractivity contribution in [3.63, 3.8) is 0 Å². The fourth-order valence-corrected chi connectivity index (χ4v) is 0.713. The van der Waals surface area contributed by atoms with Crippen molar-refractivity contribution in [1.82, 2.24) is 20.2 Å². The van der Waals surface area contributed by atoms with E-state index in [4.69, 9.17) is 11.6 Å². The van der Waals surface area contributed by atoms with Gasteiger partial charge in [0.15, 0.2) is 5.82 Å². The van der Waals surface area contributed by atoms with Crippen LogP contribution in [0.1, 0.15) is 5.82 Å². The molecule has 0 N–H and O–H groups in total. The third-order valence-electron chi connectivity index (χ3n) is 1.03. The van der Waals surface area contributed by atoms with Crippen LogP contribution in [0.2, 0.25) is 0 Å². The van der Waals surface area contributed by atoms with E-state index < -0.39 is 0 Å². The van der Waals surface area contributed by atoms with Gasteiger partial charge < -0.3 is 0 Å². The average molecular weight is 147 g/mol. The molecular weight excluding hydrogens is 140 g/mol. The van der Waals surface area contributed by atoms with Crippen LogP contribution in [-0.2, 0) is 13.5 Å². The van der Waals surface area contributed by atoms with Gasteiger partial charge in [0.2, 0.25) is 0 Å². The van der Waals surface area contributed by atoms with E-state index in [9.17, 15) is 0 Å². The number of nitrogens with zero attached hydrogens (tertiary/aromatic N) is 4. The minimum Gasteiger partial charge on any atom is -0.233 e. The van der Waals surface area contributed by atoms with E-state index in [1.807, 2.05) is 0 Å². The number of alkyl halides is 1. The molecule has 0 amide bonds. The topological polar surface area (TPSA) is 43.6 Å². The SMILES string of the molecule is Cn1nnnc1CCCl. The summed E-state index contributed by atoms with van der Waals surface area (Å²) < 4.78 is 1.61. The summed E-state index contributed by atoms with van der Waals surface area (Å²) in [5, 5.41) is 10.8. The average Bonchev–Trinajstić information content (AvgIpc) is 2.18. The van der Waals surface area contributed by atoms with Crippen molar-refractivity contribution in [3.8, 4) is 0 Å². The molecule has 0 aliphatic heterocycles. The van der Waals surface area contributed by atoms with Crippen LogP contribution < -0.4 is 0 Å². The van der Waals surface area contributed by atoms with Gasteiger partial charge in [-0.3, -0.25) is 0 Å². The molecule has 0 bridgehead atoms. The number of aromatic nitrogens is 4. The highest BCUT2D eigenvalue weighted by atomic mass is 35.5. The first-order valence-electron chi connectivity index (χ1n) is 2.62. The maximum atomic E-state index is 5.46. The molecule has 0 saturated heterocycles. The van der Waals surface area contributed by atoms with Crippen molar-refractivity contribution >= 4 is 11.6 Å². The molecule has 1 aromatic heterocycles. The molecule has 0 aliphatic rings. The number of rotatable bonds is 2. The summed E-state index contributed by atoms with van der Waals surface area (Å²) >= 11 is 5.46. The van der Waals surface area contributed by atoms with Crippen molar-refractivity contribution in [1.29, 1.82) is 0 Å². The molecule has 1 heterocycles. The molecule has 0 unspecified atom stereocenters. The summed E-state index contributed by atoms with van der Waals surface area (Å²) in [6, 6.07) is 0. The molecule has 50 valence electrons. The Morgan fingerprint density at radius 3 is 2.89 bits per heavy atom. The quantitative estimate of drug-likeness (QED) is 0.552. The van der Waals surface area contributed by atoms with Crippen LogP contribution >= 0.6 is 11.6 Å². The van der Waals surface area contributed by atoms with E-state index in [-0.39, 0.29) is 0 Å². The molecule has 4 nitrogen and oxygen atoms in total. The van der Waals surface area contributed by atoms with Gasteiger partial charge in [0.25, 0.3) is 0 Å². The minimum atomic E-state index is 0.564. The molecule has 0 spiro atoms. The van der Waals surface area contributed by atoms with Crippen LogP contribution in [0.25, 0.3) is 0 Å². The monoisotopic (exact) mass is 146 g/mol. The van der Waals surface area contributed by atoms with Crippen molar-refractivity contribution in [3.05, 3.63) is 5.82 Å². The van der Waals surface area contributed by atoms with Gasteiger partial charge in [0, 0.05) is 19.3 Å². The number of tetrazole rings is 1. The van der Waals surface area contributed by atoms with E-state index >= 15 is 0 Å². The summed E-state index contributed by atoms with van der Waals surface area (Å²) in [5.74, 6) is 1.39. The predicted molar refractivity (Wildman–Crippen MR) is 33.2 cm³/mol. The normalized spacial score (nSPS) is 10.0. The van der Waals surface area contributed by atoms with Crippen LogP contribution in [0.15, 0.2) is 0 Å². The lowest BCUT2D eigenvalue weighted by molar-refractivity contribution is 0.682. The van der Waals surface area contributed by atoms with Crippen molar-refractivity contribution in [2.45, 2.75) is 6.42 Å². The largest absolute Gasteiger partial charge is 0.233 e. The van der Waals surface area contributed by atoms with E-state index in [1.165, 1.54) is 0 Å². The summed E-state index contributed by atoms with van der Waals surface area (Å²) in [6.07, 6.45) is 0.727. The highest BCUT2D eigenvalue weighted by Gasteiger charge is 1.97. The van der Waals surface area contributed by atoms with Crippen LogP contribution in [0, 0.1) is 0 Å². The third-order valence-corrected chi connectivity index (χ3v) is 1.21. The molecule has 0 fully saturated rings. The zero-order valence-corrected chi connectivity index (χ0v) is 5.84. The fourth-order valence-electron chi connectivity index (χ4n) is 0.544. The van der Waals surface area contributed by atoms with Gasteiger partial charge in [-0.25, -0.2) is 4.68 Å². The molecule has 1 rings (SSSR count). The van der Waals surface area contributed by atoms with Gasteiger partial charge >= 0.3 is 0 Å².